The summed E-state index contributed by atoms with van der Waals surface area (Å²) >= 11 is -0.348. The molecule has 10 nitrogen and oxygen atoms in total. The maximum absolute atomic E-state index is 9.97. The van der Waals surface area contributed by atoms with Gasteiger partial charge >= 0.3 is 103 Å². The van der Waals surface area contributed by atoms with Gasteiger partial charge in [-0.3, -0.25) is 5.04 Å². The third kappa shape index (κ3) is 17.6. The Morgan fingerprint density at radius 1 is 1.29 bits per heavy atom. The van der Waals surface area contributed by atoms with Crippen LogP contribution in [0.3, 0.4) is 0 Å². The molecule has 0 bridgehead atoms. The molecule has 0 saturated carbocycles. The Kier molecular flexibility index (Phi) is 20.4. The van der Waals surface area contributed by atoms with Gasteiger partial charge in [-0.25, -0.2) is 8.42 Å². The van der Waals surface area contributed by atoms with E-state index in [0.29, 0.717) is 0 Å². The minimum absolute atomic E-state index is 0. The first-order chi connectivity index (χ1) is 5.45. The second kappa shape index (κ2) is 12.7. The topological polar surface area (TPSA) is 140 Å². The third-order valence-corrected chi connectivity index (χ3v) is 0.897. The van der Waals surface area contributed by atoms with Crippen molar-refractivity contribution in [3.63, 3.8) is 0 Å². The summed E-state index contributed by atoms with van der Waals surface area (Å²) in [6.07, 6.45) is 0. The van der Waals surface area contributed by atoms with Gasteiger partial charge in [-0.2, -0.15) is 0 Å². The molecule has 0 aliphatic rings. The standard InChI is InChI=1S/2K.H2NO9S2/c;;2-1(7-11-10-9-3)8-12(4,5)6/h;;3H,(H,4,5,6)/q2*+1;/p-2. The Morgan fingerprint density at radius 3 is 2.14 bits per heavy atom. The van der Waals surface area contributed by atoms with E-state index in [4.69, 9.17) is 5.26 Å². The van der Waals surface area contributed by atoms with Gasteiger partial charge in [-0.05, 0) is 0 Å². The quantitative estimate of drug-likeness (QED) is 0.0882. The predicted octanol–water partition coefficient (Wildman–Crippen LogP) is -8.25. The Morgan fingerprint density at radius 2 is 1.79 bits per heavy atom. The molecule has 0 rings (SSSR count). The molecule has 0 atom stereocenters. The monoisotopic (exact) mass is 300 g/mol. The Labute approximate surface area is 168 Å². The average Bonchev–Trinajstić information content (AvgIpc) is 1.84. The Balaban J connectivity index is -0.000000605. The molecule has 0 unspecified atom stereocenters. The van der Waals surface area contributed by atoms with Crippen LogP contribution in [0.15, 0.2) is 0 Å². The molecule has 0 amide bonds. The van der Waals surface area contributed by atoms with Gasteiger partial charge in [0.05, 0.1) is 0 Å². The van der Waals surface area contributed by atoms with E-state index < -0.39 is 15.8 Å². The molecule has 73 valence electrons. The summed E-state index contributed by atoms with van der Waals surface area (Å²) in [5.41, 5.74) is 0. The van der Waals surface area contributed by atoms with Crippen molar-refractivity contribution in [2.24, 2.45) is 0 Å². The van der Waals surface area contributed by atoms with E-state index in [1.54, 1.807) is 0 Å². The van der Waals surface area contributed by atoms with Gasteiger partial charge < -0.3 is 9.81 Å². The first kappa shape index (κ1) is 22.4. The van der Waals surface area contributed by atoms with E-state index in [0.717, 1.165) is 0 Å². The van der Waals surface area contributed by atoms with Crippen molar-refractivity contribution in [2.45, 2.75) is 0 Å². The van der Waals surface area contributed by atoms with E-state index in [1.807, 2.05) is 0 Å². The maximum atomic E-state index is 9.97. The summed E-state index contributed by atoms with van der Waals surface area (Å²) in [6, 6.07) is 0. The zero-order chi connectivity index (χ0) is 9.61. The molecule has 0 aliphatic heterocycles. The smallest absolute Gasteiger partial charge is 0.724 e. The molecule has 0 fully saturated rings. The Bertz CT molecular complexity index is 203. The van der Waals surface area contributed by atoms with Crippen LogP contribution in [0.1, 0.15) is 0 Å². The zero-order valence-corrected chi connectivity index (χ0v) is 14.8. The molecular formula is K2NO9S2. The summed E-state index contributed by atoms with van der Waals surface area (Å²) in [7, 11) is -5.21. The van der Waals surface area contributed by atoms with Crippen molar-refractivity contribution >= 4 is 22.7 Å². The van der Waals surface area contributed by atoms with Gasteiger partial charge in [-0.15, -0.1) is 12.9 Å². The Hall–Kier alpha value is 3.25. The number of rotatable bonds is 6. The van der Waals surface area contributed by atoms with E-state index >= 15 is 0 Å². The fourth-order valence-electron chi connectivity index (χ4n) is 0.136. The van der Waals surface area contributed by atoms with Crippen LogP contribution in [-0.4, -0.2) is 18.4 Å². The van der Waals surface area contributed by atoms with Crippen LogP contribution >= 0.6 is 12.3 Å². The number of hydrogen-bond acceptors (Lipinski definition) is 10. The maximum Gasteiger partial charge on any atom is 1.00 e. The van der Waals surface area contributed by atoms with E-state index in [-0.39, 0.29) is 115 Å². The van der Waals surface area contributed by atoms with Gasteiger partial charge in [0.15, 0.2) is 0 Å². The van der Waals surface area contributed by atoms with Crippen molar-refractivity contribution in [1.29, 1.82) is 0 Å². The number of hydrogen-bond donors (Lipinski definition) is 0. The van der Waals surface area contributed by atoms with Crippen molar-refractivity contribution < 1.29 is 144 Å². The predicted molar refractivity (Wildman–Crippen MR) is 24.2 cm³/mol. The SMILES string of the molecule is [K+].[K+].[O]N(OSOO[O-])OS(=O)(=O)[O-]. The van der Waals surface area contributed by atoms with Gasteiger partial charge in [0.2, 0.25) is 22.7 Å². The first-order valence-electron chi connectivity index (χ1n) is 1.88. The van der Waals surface area contributed by atoms with Crippen LogP contribution in [0.4, 0.5) is 0 Å². The average molecular weight is 300 g/mol. The summed E-state index contributed by atoms with van der Waals surface area (Å²) in [6.45, 7) is 0. The molecule has 14 heteroatoms. The van der Waals surface area contributed by atoms with Crippen LogP contribution in [-0.2, 0) is 33.5 Å². The van der Waals surface area contributed by atoms with E-state index in [9.17, 15) is 18.2 Å². The molecule has 0 aromatic heterocycles. The van der Waals surface area contributed by atoms with E-state index in [1.165, 1.54) is 0 Å². The minimum Gasteiger partial charge on any atom is -0.724 e. The molecule has 0 aliphatic carbocycles. The molecule has 14 heavy (non-hydrogen) atoms. The molecule has 0 aromatic rings. The van der Waals surface area contributed by atoms with Crippen LogP contribution in [0, 0.1) is 0 Å². The summed E-state index contributed by atoms with van der Waals surface area (Å²) in [4.78, 5) is 0. The molecule has 0 heterocycles. The van der Waals surface area contributed by atoms with Gasteiger partial charge in [0.25, 0.3) is 0 Å². The molecular weight excluding hydrogens is 300 g/mol. The fourth-order valence-corrected chi connectivity index (χ4v) is 0.481. The fraction of sp³-hybridized carbons (Fsp3) is 0. The van der Waals surface area contributed by atoms with Gasteiger partial charge in [0, 0.05) is 0 Å². The zero-order valence-electron chi connectivity index (χ0n) is 6.94. The largest absolute Gasteiger partial charge is 1.00 e. The first-order valence-corrected chi connectivity index (χ1v) is 3.88. The summed E-state index contributed by atoms with van der Waals surface area (Å²) in [5, 5.41) is 20.6. The normalized spacial score (nSPS) is 10.6. The van der Waals surface area contributed by atoms with E-state index in [2.05, 4.69) is 17.9 Å². The van der Waals surface area contributed by atoms with Gasteiger partial charge in [0.1, 0.15) is 5.39 Å². The summed E-state index contributed by atoms with van der Waals surface area (Å²) < 4.78 is 38.7. The minimum atomic E-state index is -5.21. The van der Waals surface area contributed by atoms with Gasteiger partial charge in [-0.1, -0.05) is 5.21 Å². The molecule has 0 spiro atoms. The second-order valence-corrected chi connectivity index (χ2v) is 2.37. The van der Waals surface area contributed by atoms with Crippen LogP contribution < -0.4 is 108 Å². The second-order valence-electron chi connectivity index (χ2n) is 0.985. The molecule has 0 N–H and O–H groups in total. The van der Waals surface area contributed by atoms with Crippen molar-refractivity contribution in [1.82, 2.24) is 5.39 Å². The van der Waals surface area contributed by atoms with Crippen LogP contribution in [0.25, 0.3) is 0 Å². The molecule has 1 radical (unpaired) electrons. The molecule has 0 saturated heterocycles. The third-order valence-electron chi connectivity index (χ3n) is 0.299. The number of nitrogens with zero attached hydrogens (tertiary/aromatic N) is 1. The van der Waals surface area contributed by atoms with Crippen molar-refractivity contribution in [2.75, 3.05) is 0 Å². The van der Waals surface area contributed by atoms with Crippen molar-refractivity contribution in [3.05, 3.63) is 0 Å². The summed E-state index contributed by atoms with van der Waals surface area (Å²) in [5.74, 6) is 0. The molecule has 0 aromatic carbocycles. The van der Waals surface area contributed by atoms with Crippen LogP contribution in [0.5, 0.6) is 0 Å². The van der Waals surface area contributed by atoms with Crippen LogP contribution in [0.2, 0.25) is 0 Å². The van der Waals surface area contributed by atoms with Crippen molar-refractivity contribution in [3.8, 4) is 0 Å².